The summed E-state index contributed by atoms with van der Waals surface area (Å²) >= 11 is 3.20. The van der Waals surface area contributed by atoms with Gasteiger partial charge in [0.05, 0.1) is 0 Å². The van der Waals surface area contributed by atoms with E-state index in [1.54, 1.807) is 18.2 Å². The van der Waals surface area contributed by atoms with E-state index in [4.69, 9.17) is 10.5 Å². The van der Waals surface area contributed by atoms with Crippen molar-refractivity contribution in [1.82, 2.24) is 0 Å². The SMILES string of the molecule is Cc1ccc(Oc2ccc(Br)cc2F)c(CN)c1. The van der Waals surface area contributed by atoms with Gasteiger partial charge in [-0.05, 0) is 31.2 Å². The van der Waals surface area contributed by atoms with E-state index >= 15 is 0 Å². The maximum Gasteiger partial charge on any atom is 0.166 e. The fourth-order valence-corrected chi connectivity index (χ4v) is 1.98. The first-order valence-electron chi connectivity index (χ1n) is 5.52. The Labute approximate surface area is 114 Å². The molecule has 2 nitrogen and oxygen atoms in total. The summed E-state index contributed by atoms with van der Waals surface area (Å²) in [6.45, 7) is 2.33. The van der Waals surface area contributed by atoms with Crippen LogP contribution in [0.3, 0.4) is 0 Å². The van der Waals surface area contributed by atoms with Crippen LogP contribution in [-0.2, 0) is 6.54 Å². The van der Waals surface area contributed by atoms with Gasteiger partial charge < -0.3 is 10.5 Å². The van der Waals surface area contributed by atoms with Crippen LogP contribution in [0.15, 0.2) is 40.9 Å². The van der Waals surface area contributed by atoms with Gasteiger partial charge in [0.25, 0.3) is 0 Å². The Kier molecular flexibility index (Phi) is 3.99. The molecule has 0 bridgehead atoms. The number of rotatable bonds is 3. The van der Waals surface area contributed by atoms with Gasteiger partial charge in [-0.1, -0.05) is 33.6 Å². The molecule has 2 rings (SSSR count). The number of ether oxygens (including phenoxy) is 1. The van der Waals surface area contributed by atoms with E-state index in [-0.39, 0.29) is 5.75 Å². The molecule has 0 aliphatic rings. The molecule has 2 aromatic carbocycles. The number of hydrogen-bond acceptors (Lipinski definition) is 2. The highest BCUT2D eigenvalue weighted by molar-refractivity contribution is 9.10. The molecule has 0 aromatic heterocycles. The Morgan fingerprint density at radius 2 is 1.89 bits per heavy atom. The van der Waals surface area contributed by atoms with Crippen molar-refractivity contribution in [1.29, 1.82) is 0 Å². The van der Waals surface area contributed by atoms with Crippen LogP contribution in [0.2, 0.25) is 0 Å². The van der Waals surface area contributed by atoms with Crippen molar-refractivity contribution < 1.29 is 9.13 Å². The molecular weight excluding hydrogens is 297 g/mol. The Bertz CT molecular complexity index is 572. The summed E-state index contributed by atoms with van der Waals surface area (Å²) in [6.07, 6.45) is 0. The topological polar surface area (TPSA) is 35.2 Å². The first-order valence-corrected chi connectivity index (χ1v) is 6.32. The second-order valence-corrected chi connectivity index (χ2v) is 4.91. The van der Waals surface area contributed by atoms with Gasteiger partial charge in [0.15, 0.2) is 11.6 Å². The maximum absolute atomic E-state index is 13.7. The van der Waals surface area contributed by atoms with Crippen molar-refractivity contribution in [3.05, 3.63) is 57.8 Å². The average molecular weight is 310 g/mol. The van der Waals surface area contributed by atoms with Crippen LogP contribution in [0.4, 0.5) is 4.39 Å². The summed E-state index contributed by atoms with van der Waals surface area (Å²) in [5.74, 6) is 0.369. The van der Waals surface area contributed by atoms with Crippen LogP contribution in [0, 0.1) is 12.7 Å². The third-order valence-corrected chi connectivity index (χ3v) is 3.04. The van der Waals surface area contributed by atoms with Crippen LogP contribution in [0.25, 0.3) is 0 Å². The summed E-state index contributed by atoms with van der Waals surface area (Å²) in [7, 11) is 0. The molecule has 0 unspecified atom stereocenters. The first-order chi connectivity index (χ1) is 8.60. The van der Waals surface area contributed by atoms with E-state index in [0.717, 1.165) is 11.1 Å². The van der Waals surface area contributed by atoms with Gasteiger partial charge in [-0.2, -0.15) is 0 Å². The number of benzene rings is 2. The van der Waals surface area contributed by atoms with Crippen molar-refractivity contribution in [2.24, 2.45) is 5.73 Å². The predicted molar refractivity (Wildman–Crippen MR) is 73.2 cm³/mol. The number of aryl methyl sites for hydroxylation is 1. The molecular formula is C14H13BrFNO. The average Bonchev–Trinajstić information content (AvgIpc) is 2.34. The van der Waals surface area contributed by atoms with Gasteiger partial charge in [-0.25, -0.2) is 4.39 Å². The lowest BCUT2D eigenvalue weighted by molar-refractivity contribution is 0.437. The first kappa shape index (κ1) is 13.1. The van der Waals surface area contributed by atoms with Crippen LogP contribution >= 0.6 is 15.9 Å². The molecule has 18 heavy (non-hydrogen) atoms. The van der Waals surface area contributed by atoms with Crippen molar-refractivity contribution in [2.75, 3.05) is 0 Å². The Balaban J connectivity index is 2.33. The number of nitrogens with two attached hydrogens (primary N) is 1. The monoisotopic (exact) mass is 309 g/mol. The summed E-state index contributed by atoms with van der Waals surface area (Å²) in [5.41, 5.74) is 7.61. The minimum absolute atomic E-state index is 0.191. The van der Waals surface area contributed by atoms with Crippen molar-refractivity contribution >= 4 is 15.9 Å². The minimum atomic E-state index is -0.409. The molecule has 2 N–H and O–H groups in total. The van der Waals surface area contributed by atoms with Gasteiger partial charge in [0, 0.05) is 16.6 Å². The molecule has 0 amide bonds. The van der Waals surface area contributed by atoms with Crippen LogP contribution in [0.5, 0.6) is 11.5 Å². The van der Waals surface area contributed by atoms with E-state index in [2.05, 4.69) is 15.9 Å². The molecule has 0 radical (unpaired) electrons. The Hall–Kier alpha value is -1.39. The quantitative estimate of drug-likeness (QED) is 0.924. The summed E-state index contributed by atoms with van der Waals surface area (Å²) < 4.78 is 19.9. The molecule has 0 aliphatic carbocycles. The lowest BCUT2D eigenvalue weighted by Gasteiger charge is -2.11. The fraction of sp³-hybridized carbons (Fsp3) is 0.143. The molecule has 0 heterocycles. The second kappa shape index (κ2) is 5.50. The molecule has 0 fully saturated rings. The standard InChI is InChI=1S/C14H13BrFNO/c1-9-2-4-13(10(6-9)8-17)18-14-5-3-11(15)7-12(14)16/h2-7H,8,17H2,1H3. The van der Waals surface area contributed by atoms with E-state index in [1.807, 2.05) is 19.1 Å². The Morgan fingerprint density at radius 1 is 1.17 bits per heavy atom. The zero-order valence-corrected chi connectivity index (χ0v) is 11.5. The van der Waals surface area contributed by atoms with Crippen molar-refractivity contribution in [3.63, 3.8) is 0 Å². The lowest BCUT2D eigenvalue weighted by atomic mass is 10.1. The van der Waals surface area contributed by atoms with Crippen molar-refractivity contribution in [3.8, 4) is 11.5 Å². The maximum atomic E-state index is 13.7. The van der Waals surface area contributed by atoms with E-state index in [1.165, 1.54) is 6.07 Å². The van der Waals surface area contributed by atoms with Crippen LogP contribution in [0.1, 0.15) is 11.1 Å². The third-order valence-electron chi connectivity index (χ3n) is 2.55. The number of halogens is 2. The summed E-state index contributed by atoms with van der Waals surface area (Å²) in [5, 5.41) is 0. The lowest BCUT2D eigenvalue weighted by Crippen LogP contribution is -2.00. The molecule has 94 valence electrons. The molecule has 0 aliphatic heterocycles. The molecule has 0 saturated heterocycles. The minimum Gasteiger partial charge on any atom is -0.454 e. The molecule has 0 atom stereocenters. The van der Waals surface area contributed by atoms with E-state index in [9.17, 15) is 4.39 Å². The van der Waals surface area contributed by atoms with Gasteiger partial charge in [-0.15, -0.1) is 0 Å². The highest BCUT2D eigenvalue weighted by Crippen LogP contribution is 2.29. The van der Waals surface area contributed by atoms with Crippen LogP contribution < -0.4 is 10.5 Å². The van der Waals surface area contributed by atoms with Crippen molar-refractivity contribution in [2.45, 2.75) is 13.5 Å². The smallest absolute Gasteiger partial charge is 0.166 e. The predicted octanol–water partition coefficient (Wildman–Crippen LogP) is 4.15. The summed E-state index contributed by atoms with van der Waals surface area (Å²) in [6, 6.07) is 10.3. The van der Waals surface area contributed by atoms with Gasteiger partial charge >= 0.3 is 0 Å². The molecule has 2 aromatic rings. The van der Waals surface area contributed by atoms with E-state index in [0.29, 0.717) is 16.8 Å². The van der Waals surface area contributed by atoms with Crippen LogP contribution in [-0.4, -0.2) is 0 Å². The number of hydrogen-bond donors (Lipinski definition) is 1. The highest BCUT2D eigenvalue weighted by atomic mass is 79.9. The van der Waals surface area contributed by atoms with Gasteiger partial charge in [0.2, 0.25) is 0 Å². The van der Waals surface area contributed by atoms with Gasteiger partial charge in [-0.3, -0.25) is 0 Å². The van der Waals surface area contributed by atoms with E-state index < -0.39 is 5.82 Å². The normalized spacial score (nSPS) is 10.4. The summed E-state index contributed by atoms with van der Waals surface area (Å²) in [4.78, 5) is 0. The fourth-order valence-electron chi connectivity index (χ4n) is 1.64. The highest BCUT2D eigenvalue weighted by Gasteiger charge is 2.08. The molecule has 0 spiro atoms. The van der Waals surface area contributed by atoms with Gasteiger partial charge in [0.1, 0.15) is 5.75 Å². The Morgan fingerprint density at radius 3 is 2.56 bits per heavy atom. The zero-order valence-electron chi connectivity index (χ0n) is 9.91. The second-order valence-electron chi connectivity index (χ2n) is 3.99. The molecule has 0 saturated carbocycles. The molecule has 4 heteroatoms. The third kappa shape index (κ3) is 2.89. The largest absolute Gasteiger partial charge is 0.454 e. The zero-order chi connectivity index (χ0) is 13.1.